The molecule has 0 amide bonds. The molecule has 0 aliphatic heterocycles. The first-order chi connectivity index (χ1) is 8.28. The fraction of sp³-hybridized carbons (Fsp3) is 0.571. The van der Waals surface area contributed by atoms with Crippen molar-refractivity contribution >= 4 is 23.2 Å². The van der Waals surface area contributed by atoms with Gasteiger partial charge in [-0.3, -0.25) is 0 Å². The summed E-state index contributed by atoms with van der Waals surface area (Å²) < 4.78 is 0. The Labute approximate surface area is 119 Å². The highest BCUT2D eigenvalue weighted by atomic mass is 35.5. The van der Waals surface area contributed by atoms with Crippen molar-refractivity contribution in [3.05, 3.63) is 33.8 Å². The van der Waals surface area contributed by atoms with Crippen molar-refractivity contribution < 1.29 is 5.11 Å². The number of aliphatic hydroxyl groups excluding tert-OH is 1. The van der Waals surface area contributed by atoms with Gasteiger partial charge in [0.2, 0.25) is 0 Å². The van der Waals surface area contributed by atoms with E-state index in [1.807, 2.05) is 12.1 Å². The van der Waals surface area contributed by atoms with Crippen LogP contribution in [0.15, 0.2) is 18.2 Å². The summed E-state index contributed by atoms with van der Waals surface area (Å²) in [5.74, 6) is 0. The molecule has 0 fully saturated rings. The zero-order valence-corrected chi connectivity index (χ0v) is 12.6. The van der Waals surface area contributed by atoms with Crippen LogP contribution in [0.3, 0.4) is 0 Å². The maximum absolute atomic E-state index is 9.85. The Hall–Kier alpha value is -0.280. The minimum Gasteiger partial charge on any atom is -0.392 e. The Morgan fingerprint density at radius 2 is 1.89 bits per heavy atom. The Kier molecular flexibility index (Phi) is 5.93. The smallest absolute Gasteiger partial charge is 0.0669 e. The third kappa shape index (κ3) is 6.05. The number of nitrogens with one attached hydrogen (secondary N) is 1. The van der Waals surface area contributed by atoms with Crippen LogP contribution in [0.2, 0.25) is 10.0 Å². The second kappa shape index (κ2) is 6.76. The third-order valence-electron chi connectivity index (χ3n) is 2.54. The molecule has 0 aliphatic rings. The van der Waals surface area contributed by atoms with Crippen LogP contribution in [-0.2, 0) is 6.54 Å². The predicted molar refractivity (Wildman–Crippen MR) is 78.2 cm³/mol. The van der Waals surface area contributed by atoms with Crippen molar-refractivity contribution in [3.63, 3.8) is 0 Å². The van der Waals surface area contributed by atoms with E-state index in [4.69, 9.17) is 23.2 Å². The first-order valence-corrected chi connectivity index (χ1v) is 6.86. The molecular formula is C14H21Cl2NO. The molecule has 18 heavy (non-hydrogen) atoms. The maximum Gasteiger partial charge on any atom is 0.0669 e. The van der Waals surface area contributed by atoms with Gasteiger partial charge in [-0.25, -0.2) is 0 Å². The lowest BCUT2D eigenvalue weighted by molar-refractivity contribution is 0.119. The SMILES string of the molecule is CC(C)(C)CC(O)CNCc1ccc(Cl)c(Cl)c1. The maximum atomic E-state index is 9.85. The van der Waals surface area contributed by atoms with Gasteiger partial charge < -0.3 is 10.4 Å². The zero-order chi connectivity index (χ0) is 13.8. The Balaban J connectivity index is 2.35. The molecule has 1 unspecified atom stereocenters. The monoisotopic (exact) mass is 289 g/mol. The molecule has 0 saturated carbocycles. The summed E-state index contributed by atoms with van der Waals surface area (Å²) in [5.41, 5.74) is 1.21. The molecule has 2 nitrogen and oxygen atoms in total. The van der Waals surface area contributed by atoms with Crippen LogP contribution in [0.4, 0.5) is 0 Å². The van der Waals surface area contributed by atoms with Crippen LogP contribution in [0, 0.1) is 5.41 Å². The molecule has 2 N–H and O–H groups in total. The summed E-state index contributed by atoms with van der Waals surface area (Å²) in [4.78, 5) is 0. The van der Waals surface area contributed by atoms with Crippen molar-refractivity contribution in [2.24, 2.45) is 5.41 Å². The van der Waals surface area contributed by atoms with E-state index in [2.05, 4.69) is 26.1 Å². The summed E-state index contributed by atoms with van der Waals surface area (Å²) in [7, 11) is 0. The molecule has 4 heteroatoms. The lowest BCUT2D eigenvalue weighted by Gasteiger charge is -2.22. The Bertz CT molecular complexity index is 388. The second-order valence-corrected chi connectivity index (χ2v) is 6.61. The van der Waals surface area contributed by atoms with Gasteiger partial charge in [0.05, 0.1) is 16.1 Å². The number of hydrogen-bond acceptors (Lipinski definition) is 2. The highest BCUT2D eigenvalue weighted by Gasteiger charge is 2.16. The molecule has 102 valence electrons. The Morgan fingerprint density at radius 1 is 1.22 bits per heavy atom. The summed E-state index contributed by atoms with van der Waals surface area (Å²) in [6, 6.07) is 5.55. The molecule has 0 saturated heterocycles. The first kappa shape index (κ1) is 15.8. The number of aliphatic hydroxyl groups is 1. The quantitative estimate of drug-likeness (QED) is 0.862. The van der Waals surface area contributed by atoms with E-state index >= 15 is 0 Å². The number of hydrogen-bond donors (Lipinski definition) is 2. The molecule has 0 radical (unpaired) electrons. The van der Waals surface area contributed by atoms with Crippen LogP contribution in [-0.4, -0.2) is 17.8 Å². The van der Waals surface area contributed by atoms with Gasteiger partial charge >= 0.3 is 0 Å². The molecule has 0 heterocycles. The molecule has 0 aliphatic carbocycles. The van der Waals surface area contributed by atoms with Crippen molar-refractivity contribution in [1.82, 2.24) is 5.32 Å². The van der Waals surface area contributed by atoms with E-state index in [-0.39, 0.29) is 11.5 Å². The van der Waals surface area contributed by atoms with Crippen LogP contribution in [0.5, 0.6) is 0 Å². The summed E-state index contributed by atoms with van der Waals surface area (Å²) in [5, 5.41) is 14.2. The fourth-order valence-corrected chi connectivity index (χ4v) is 2.13. The van der Waals surface area contributed by atoms with E-state index in [0.29, 0.717) is 23.1 Å². The summed E-state index contributed by atoms with van der Waals surface area (Å²) in [6.07, 6.45) is 0.453. The second-order valence-electron chi connectivity index (χ2n) is 5.80. The average molecular weight is 290 g/mol. The van der Waals surface area contributed by atoms with E-state index in [9.17, 15) is 5.11 Å². The van der Waals surface area contributed by atoms with Crippen molar-refractivity contribution in [2.75, 3.05) is 6.54 Å². The van der Waals surface area contributed by atoms with Crippen molar-refractivity contribution in [3.8, 4) is 0 Å². The molecule has 1 rings (SSSR count). The molecule has 0 bridgehead atoms. The number of halogens is 2. The van der Waals surface area contributed by atoms with Crippen LogP contribution in [0.25, 0.3) is 0 Å². The minimum atomic E-state index is -0.326. The van der Waals surface area contributed by atoms with Gasteiger partial charge in [-0.1, -0.05) is 50.0 Å². The van der Waals surface area contributed by atoms with Crippen molar-refractivity contribution in [2.45, 2.75) is 39.8 Å². The number of benzene rings is 1. The van der Waals surface area contributed by atoms with E-state index in [1.165, 1.54) is 0 Å². The lowest BCUT2D eigenvalue weighted by Crippen LogP contribution is -2.29. The van der Waals surface area contributed by atoms with Gasteiger partial charge in [-0.15, -0.1) is 0 Å². The van der Waals surface area contributed by atoms with Gasteiger partial charge in [0.15, 0.2) is 0 Å². The van der Waals surface area contributed by atoms with Gasteiger partial charge in [0.25, 0.3) is 0 Å². The highest BCUT2D eigenvalue weighted by Crippen LogP contribution is 2.23. The van der Waals surface area contributed by atoms with Crippen LogP contribution >= 0.6 is 23.2 Å². The zero-order valence-electron chi connectivity index (χ0n) is 11.1. The van der Waals surface area contributed by atoms with E-state index in [0.717, 1.165) is 12.0 Å². The van der Waals surface area contributed by atoms with E-state index < -0.39 is 0 Å². The van der Waals surface area contributed by atoms with Gasteiger partial charge in [0, 0.05) is 13.1 Å². The molecule has 1 aromatic carbocycles. The molecule has 0 spiro atoms. The first-order valence-electron chi connectivity index (χ1n) is 6.10. The lowest BCUT2D eigenvalue weighted by atomic mass is 9.89. The molecular weight excluding hydrogens is 269 g/mol. The molecule has 1 aromatic rings. The highest BCUT2D eigenvalue weighted by molar-refractivity contribution is 6.42. The fourth-order valence-electron chi connectivity index (χ4n) is 1.81. The van der Waals surface area contributed by atoms with Gasteiger partial charge in [0.1, 0.15) is 0 Å². The average Bonchev–Trinajstić information content (AvgIpc) is 2.20. The van der Waals surface area contributed by atoms with Gasteiger partial charge in [-0.05, 0) is 29.5 Å². The van der Waals surface area contributed by atoms with E-state index in [1.54, 1.807) is 6.07 Å². The van der Waals surface area contributed by atoms with Crippen molar-refractivity contribution in [1.29, 1.82) is 0 Å². The Morgan fingerprint density at radius 3 is 2.44 bits per heavy atom. The normalized spacial score (nSPS) is 13.7. The van der Waals surface area contributed by atoms with Gasteiger partial charge in [-0.2, -0.15) is 0 Å². The standard InChI is InChI=1S/C14H21Cl2NO/c1-14(2,3)7-11(18)9-17-8-10-4-5-12(15)13(16)6-10/h4-6,11,17-18H,7-9H2,1-3H3. The predicted octanol–water partition coefficient (Wildman–Crippen LogP) is 3.88. The summed E-state index contributed by atoms with van der Waals surface area (Å²) >= 11 is 11.8. The third-order valence-corrected chi connectivity index (χ3v) is 3.28. The molecule has 1 atom stereocenters. The van der Waals surface area contributed by atoms with Crippen LogP contribution in [0.1, 0.15) is 32.8 Å². The number of rotatable bonds is 5. The summed E-state index contributed by atoms with van der Waals surface area (Å²) in [6.45, 7) is 7.62. The topological polar surface area (TPSA) is 32.3 Å². The minimum absolute atomic E-state index is 0.144. The molecule has 0 aromatic heterocycles. The van der Waals surface area contributed by atoms with Crippen LogP contribution < -0.4 is 5.32 Å². The largest absolute Gasteiger partial charge is 0.392 e.